The van der Waals surface area contributed by atoms with E-state index in [1.54, 1.807) is 19.1 Å². The van der Waals surface area contributed by atoms with Crippen LogP contribution in [0.15, 0.2) is 30.3 Å². The van der Waals surface area contributed by atoms with E-state index >= 15 is 0 Å². The first-order valence-electron chi connectivity index (χ1n) is 7.89. The number of hydrogen-bond donors (Lipinski definition) is 2. The van der Waals surface area contributed by atoms with Crippen LogP contribution in [0.1, 0.15) is 44.3 Å². The lowest BCUT2D eigenvalue weighted by atomic mass is 10.1. The Bertz CT molecular complexity index is 498. The van der Waals surface area contributed by atoms with Gasteiger partial charge in [-0.3, -0.25) is 9.59 Å². The maximum absolute atomic E-state index is 12.2. The summed E-state index contributed by atoms with van der Waals surface area (Å²) < 4.78 is 0. The molecule has 22 heavy (non-hydrogen) atoms. The Balaban J connectivity index is 1.82. The molecule has 5 nitrogen and oxygen atoms in total. The number of benzene rings is 1. The molecule has 1 aliphatic heterocycles. The first kappa shape index (κ1) is 16.5. The molecule has 2 rings (SSSR count). The molecule has 120 valence electrons. The second-order valence-electron chi connectivity index (χ2n) is 5.81. The summed E-state index contributed by atoms with van der Waals surface area (Å²) >= 11 is 0. The van der Waals surface area contributed by atoms with Crippen LogP contribution in [0.3, 0.4) is 0 Å². The van der Waals surface area contributed by atoms with Gasteiger partial charge in [-0.15, -0.1) is 0 Å². The Hall–Kier alpha value is -1.88. The first-order chi connectivity index (χ1) is 10.6. The third-order valence-corrected chi connectivity index (χ3v) is 3.98. The number of nitrogens with zero attached hydrogens (tertiary/aromatic N) is 1. The number of aliphatic hydroxyl groups excluding tert-OH is 1. The summed E-state index contributed by atoms with van der Waals surface area (Å²) in [5.74, 6) is -0.350. The van der Waals surface area contributed by atoms with Crippen molar-refractivity contribution >= 4 is 11.8 Å². The number of likely N-dealkylation sites (tertiary alicyclic amines) is 1. The van der Waals surface area contributed by atoms with Gasteiger partial charge in [-0.1, -0.05) is 30.3 Å². The molecule has 0 bridgehead atoms. The second kappa shape index (κ2) is 7.94. The van der Waals surface area contributed by atoms with Gasteiger partial charge >= 0.3 is 0 Å². The highest BCUT2D eigenvalue weighted by molar-refractivity contribution is 5.87. The zero-order chi connectivity index (χ0) is 15.9. The van der Waals surface area contributed by atoms with Crippen LogP contribution in [0, 0.1) is 0 Å². The van der Waals surface area contributed by atoms with Crippen molar-refractivity contribution in [3.63, 3.8) is 0 Å². The Morgan fingerprint density at radius 1 is 1.18 bits per heavy atom. The number of aliphatic hydroxyl groups is 1. The van der Waals surface area contributed by atoms with E-state index in [1.807, 2.05) is 23.1 Å². The number of nitrogens with one attached hydrogen (secondary N) is 1. The van der Waals surface area contributed by atoms with Crippen molar-refractivity contribution in [1.29, 1.82) is 0 Å². The third-order valence-electron chi connectivity index (χ3n) is 3.98. The van der Waals surface area contributed by atoms with Gasteiger partial charge in [0.1, 0.15) is 6.04 Å². The Morgan fingerprint density at radius 2 is 1.82 bits per heavy atom. The van der Waals surface area contributed by atoms with Crippen LogP contribution in [0.5, 0.6) is 0 Å². The summed E-state index contributed by atoms with van der Waals surface area (Å²) in [6.45, 7) is 3.24. The van der Waals surface area contributed by atoms with Crippen molar-refractivity contribution in [2.24, 2.45) is 0 Å². The number of hydrogen-bond acceptors (Lipinski definition) is 3. The number of amides is 2. The quantitative estimate of drug-likeness (QED) is 0.868. The number of carbonyl (C=O) groups is 2. The third kappa shape index (κ3) is 4.56. The normalized spacial score (nSPS) is 17.6. The molecule has 0 radical (unpaired) electrons. The number of carbonyl (C=O) groups excluding carboxylic acids is 2. The van der Waals surface area contributed by atoms with Crippen molar-refractivity contribution in [3.8, 4) is 0 Å². The molecule has 1 heterocycles. The molecule has 1 aromatic carbocycles. The summed E-state index contributed by atoms with van der Waals surface area (Å²) in [7, 11) is 0. The fourth-order valence-corrected chi connectivity index (χ4v) is 2.72. The summed E-state index contributed by atoms with van der Waals surface area (Å²) in [6.07, 6.45) is 2.33. The Kier molecular flexibility index (Phi) is 5.95. The predicted molar refractivity (Wildman–Crippen MR) is 84.1 cm³/mol. The minimum Gasteiger partial charge on any atom is -0.388 e. The van der Waals surface area contributed by atoms with E-state index in [0.29, 0.717) is 5.56 Å². The van der Waals surface area contributed by atoms with Gasteiger partial charge in [0.25, 0.3) is 0 Å². The van der Waals surface area contributed by atoms with E-state index < -0.39 is 12.1 Å². The number of piperidine rings is 1. The van der Waals surface area contributed by atoms with E-state index in [9.17, 15) is 14.7 Å². The lowest BCUT2D eigenvalue weighted by Gasteiger charge is -2.29. The molecule has 1 fully saturated rings. The molecular weight excluding hydrogens is 280 g/mol. The summed E-state index contributed by atoms with van der Waals surface area (Å²) in [5, 5.41) is 12.7. The maximum Gasteiger partial charge on any atom is 0.244 e. The van der Waals surface area contributed by atoms with Gasteiger partial charge in [0.15, 0.2) is 0 Å². The van der Waals surface area contributed by atoms with Crippen molar-refractivity contribution in [3.05, 3.63) is 35.9 Å². The van der Waals surface area contributed by atoms with Crippen LogP contribution in [0.2, 0.25) is 0 Å². The van der Waals surface area contributed by atoms with E-state index in [4.69, 9.17) is 0 Å². The number of rotatable bonds is 5. The van der Waals surface area contributed by atoms with Gasteiger partial charge in [0.2, 0.25) is 11.8 Å². The van der Waals surface area contributed by atoms with Crippen LogP contribution >= 0.6 is 0 Å². The monoisotopic (exact) mass is 304 g/mol. The fourth-order valence-electron chi connectivity index (χ4n) is 2.72. The van der Waals surface area contributed by atoms with E-state index in [2.05, 4.69) is 5.32 Å². The maximum atomic E-state index is 12.2. The molecular formula is C17H24N2O3. The van der Waals surface area contributed by atoms with Gasteiger partial charge < -0.3 is 15.3 Å². The molecule has 1 aliphatic rings. The highest BCUT2D eigenvalue weighted by atomic mass is 16.3. The summed E-state index contributed by atoms with van der Waals surface area (Å²) in [4.78, 5) is 26.0. The minimum absolute atomic E-state index is 0.0396. The van der Waals surface area contributed by atoms with Crippen molar-refractivity contribution in [1.82, 2.24) is 10.2 Å². The Morgan fingerprint density at radius 3 is 2.45 bits per heavy atom. The average Bonchev–Trinajstić information content (AvgIpc) is 2.55. The van der Waals surface area contributed by atoms with Gasteiger partial charge in [-0.25, -0.2) is 0 Å². The van der Waals surface area contributed by atoms with Crippen molar-refractivity contribution in [2.45, 2.75) is 44.8 Å². The lowest BCUT2D eigenvalue weighted by Crippen LogP contribution is -2.48. The average molecular weight is 304 g/mol. The predicted octanol–water partition coefficient (Wildman–Crippen LogP) is 1.63. The molecule has 0 aliphatic carbocycles. The zero-order valence-corrected chi connectivity index (χ0v) is 13.0. The molecule has 1 unspecified atom stereocenters. The van der Waals surface area contributed by atoms with Crippen molar-refractivity contribution in [2.75, 3.05) is 13.1 Å². The lowest BCUT2D eigenvalue weighted by molar-refractivity contribution is -0.137. The van der Waals surface area contributed by atoms with Crippen LogP contribution in [0.25, 0.3) is 0 Å². The molecule has 2 N–H and O–H groups in total. The van der Waals surface area contributed by atoms with Gasteiger partial charge in [0.05, 0.1) is 12.5 Å². The van der Waals surface area contributed by atoms with Crippen molar-refractivity contribution < 1.29 is 14.7 Å². The van der Waals surface area contributed by atoms with Gasteiger partial charge in [0, 0.05) is 13.1 Å². The van der Waals surface area contributed by atoms with E-state index in [-0.39, 0.29) is 18.2 Å². The minimum atomic E-state index is -0.849. The molecule has 2 amide bonds. The van der Waals surface area contributed by atoms with Crippen LogP contribution in [-0.4, -0.2) is 41.0 Å². The standard InChI is InChI=1S/C17H24N2O3/c1-13(17(22)19-10-6-3-7-11-19)18-16(21)12-15(20)14-8-4-2-5-9-14/h2,4-5,8-9,13,15,20H,3,6-7,10-12H2,1H3,(H,18,21)/t13-,15?/m0/s1. The molecule has 2 atom stereocenters. The molecule has 1 saturated heterocycles. The van der Waals surface area contributed by atoms with E-state index in [0.717, 1.165) is 32.4 Å². The summed E-state index contributed by atoms with van der Waals surface area (Å²) in [6, 6.07) is 8.50. The topological polar surface area (TPSA) is 69.6 Å². The second-order valence-corrected chi connectivity index (χ2v) is 5.81. The largest absolute Gasteiger partial charge is 0.388 e. The molecule has 0 saturated carbocycles. The first-order valence-corrected chi connectivity index (χ1v) is 7.89. The smallest absolute Gasteiger partial charge is 0.244 e. The van der Waals surface area contributed by atoms with Crippen LogP contribution in [0.4, 0.5) is 0 Å². The Labute approximate surface area is 131 Å². The fraction of sp³-hybridized carbons (Fsp3) is 0.529. The highest BCUT2D eigenvalue weighted by Crippen LogP contribution is 2.16. The highest BCUT2D eigenvalue weighted by Gasteiger charge is 2.24. The van der Waals surface area contributed by atoms with Gasteiger partial charge in [-0.05, 0) is 31.7 Å². The zero-order valence-electron chi connectivity index (χ0n) is 13.0. The van der Waals surface area contributed by atoms with Gasteiger partial charge in [-0.2, -0.15) is 0 Å². The molecule has 5 heteroatoms. The van der Waals surface area contributed by atoms with Crippen LogP contribution < -0.4 is 5.32 Å². The van der Waals surface area contributed by atoms with Crippen LogP contribution in [-0.2, 0) is 9.59 Å². The SMILES string of the molecule is C[C@H](NC(=O)CC(O)c1ccccc1)C(=O)N1CCCCC1. The molecule has 1 aromatic rings. The molecule has 0 spiro atoms. The van der Waals surface area contributed by atoms with E-state index in [1.165, 1.54) is 0 Å². The molecule has 0 aromatic heterocycles. The summed E-state index contributed by atoms with van der Waals surface area (Å²) in [5.41, 5.74) is 0.702.